The number of esters is 2. The van der Waals surface area contributed by atoms with Gasteiger partial charge in [0.05, 0.1) is 22.9 Å². The number of hydrogen-bond acceptors (Lipinski definition) is 7. The molecule has 8 nitrogen and oxygen atoms in total. The van der Waals surface area contributed by atoms with Gasteiger partial charge in [0.25, 0.3) is 0 Å². The Morgan fingerprint density at radius 1 is 0.875 bits per heavy atom. The number of hydrogen-bond donors (Lipinski definition) is 2. The summed E-state index contributed by atoms with van der Waals surface area (Å²) in [4.78, 5) is 54.2. The smallest absolute Gasteiger partial charge is 0.309 e. The normalized spacial score (nSPS) is 36.1. The predicted molar refractivity (Wildman–Crippen MR) is 220 cm³/mol. The number of amides is 1. The highest BCUT2D eigenvalue weighted by atomic mass is 16.5. The van der Waals surface area contributed by atoms with Crippen LogP contribution in [0.4, 0.5) is 0 Å². The highest BCUT2D eigenvalue weighted by Gasteiger charge is 2.70. The molecular weight excluding hydrogens is 701 g/mol. The highest BCUT2D eigenvalue weighted by molar-refractivity contribution is 6.02. The van der Waals surface area contributed by atoms with Gasteiger partial charge in [-0.1, -0.05) is 92.6 Å². The average Bonchev–Trinajstić information content (AvgIpc) is 3.42. The number of ether oxygens (including phenoxy) is 2. The van der Waals surface area contributed by atoms with Gasteiger partial charge in [-0.15, -0.1) is 0 Å². The minimum atomic E-state index is -1.03. The zero-order chi connectivity index (χ0) is 41.2. The Bertz CT molecular complexity index is 1730. The van der Waals surface area contributed by atoms with E-state index in [4.69, 9.17) is 15.2 Å². The molecule has 0 aliphatic heterocycles. The molecule has 1 aromatic carbocycles. The van der Waals surface area contributed by atoms with E-state index in [2.05, 4.69) is 53.8 Å². The number of allylic oxidation sites excluding steroid dienone is 1. The molecule has 0 aromatic heterocycles. The van der Waals surface area contributed by atoms with Crippen molar-refractivity contribution in [1.82, 2.24) is 5.32 Å². The zero-order valence-electron chi connectivity index (χ0n) is 36.4. The first-order chi connectivity index (χ1) is 26.1. The Morgan fingerprint density at radius 3 is 2.18 bits per heavy atom. The average molecular weight is 773 g/mol. The number of ketones is 1. The predicted octanol–water partition coefficient (Wildman–Crippen LogP) is 9.28. The number of benzene rings is 1. The minimum Gasteiger partial charge on any atom is -0.462 e. The van der Waals surface area contributed by atoms with Gasteiger partial charge in [0, 0.05) is 11.8 Å². The van der Waals surface area contributed by atoms with E-state index in [0.717, 1.165) is 62.5 Å². The van der Waals surface area contributed by atoms with Crippen LogP contribution in [0.5, 0.6) is 0 Å². The van der Waals surface area contributed by atoms with Crippen molar-refractivity contribution in [3.8, 4) is 0 Å². The standard InChI is InChI=1S/C48H72N2O6/c1-12-32(41(53)55-28-31-16-14-13-15-17-31)26-30(4)40(52)56-37-21-22-45(9)35(43(37,5)6)20-23-47(11)36(45)19-18-33-39-38(29(2)3)34(51)27-48(39,25-24-46(33,47)10)50-42(54)44(7,8)49/h13-17,29-30,32-33,35-37H,12,18-28,49H2,1-11H3,(H,50,54)/t30-,32+,33+,35?,36?,37-,45-,46+,47+,48+/m0/s1. The maximum Gasteiger partial charge on any atom is 0.309 e. The van der Waals surface area contributed by atoms with Crippen LogP contribution in [-0.2, 0) is 35.3 Å². The lowest BCUT2D eigenvalue weighted by molar-refractivity contribution is -0.232. The Balaban J connectivity index is 1.18. The first kappa shape index (κ1) is 42.6. The van der Waals surface area contributed by atoms with Gasteiger partial charge in [-0.3, -0.25) is 19.2 Å². The Kier molecular flexibility index (Phi) is 11.4. The van der Waals surface area contributed by atoms with E-state index in [1.807, 2.05) is 44.2 Å². The fraction of sp³-hybridized carbons (Fsp3) is 0.750. The molecule has 0 bridgehead atoms. The van der Waals surface area contributed by atoms with Crippen molar-refractivity contribution in [2.24, 2.45) is 62.9 Å². The summed E-state index contributed by atoms with van der Waals surface area (Å²) in [6.07, 6.45) is 8.94. The van der Waals surface area contributed by atoms with Gasteiger partial charge >= 0.3 is 11.9 Å². The number of carbonyl (C=O) groups excluding carboxylic acids is 4. The first-order valence-electron chi connectivity index (χ1n) is 21.9. The van der Waals surface area contributed by atoms with Crippen molar-refractivity contribution < 1.29 is 28.7 Å². The largest absolute Gasteiger partial charge is 0.462 e. The number of carbonyl (C=O) groups is 4. The minimum absolute atomic E-state index is 0.0304. The third kappa shape index (κ3) is 7.00. The summed E-state index contributed by atoms with van der Waals surface area (Å²) in [6.45, 7) is 24.1. The van der Waals surface area contributed by atoms with Crippen molar-refractivity contribution in [3.63, 3.8) is 0 Å². The molecule has 56 heavy (non-hydrogen) atoms. The third-order valence-corrected chi connectivity index (χ3v) is 16.7. The van der Waals surface area contributed by atoms with Crippen LogP contribution in [0, 0.1) is 57.2 Å². The lowest BCUT2D eigenvalue weighted by atomic mass is 9.33. The summed E-state index contributed by atoms with van der Waals surface area (Å²) < 4.78 is 12.1. The molecule has 5 aliphatic carbocycles. The van der Waals surface area contributed by atoms with Crippen molar-refractivity contribution in [2.75, 3.05) is 0 Å². The van der Waals surface area contributed by atoms with Crippen LogP contribution in [0.15, 0.2) is 41.5 Å². The number of fused-ring (bicyclic) bond motifs is 7. The fourth-order valence-corrected chi connectivity index (χ4v) is 13.4. The number of nitrogens with two attached hydrogens (primary N) is 1. The van der Waals surface area contributed by atoms with E-state index in [-0.39, 0.29) is 75.8 Å². The summed E-state index contributed by atoms with van der Waals surface area (Å²) in [5.74, 6) is -0.0678. The Morgan fingerprint density at radius 2 is 1.55 bits per heavy atom. The van der Waals surface area contributed by atoms with Gasteiger partial charge in [-0.05, 0) is 135 Å². The molecule has 8 heteroatoms. The van der Waals surface area contributed by atoms with Gasteiger partial charge in [0.15, 0.2) is 5.78 Å². The molecule has 310 valence electrons. The number of Topliss-reactive ketones (excluding diaryl/α,β-unsaturated/α-hetero) is 1. The fourth-order valence-electron chi connectivity index (χ4n) is 13.4. The van der Waals surface area contributed by atoms with Crippen LogP contribution < -0.4 is 11.1 Å². The Hall–Kier alpha value is -3.00. The second kappa shape index (κ2) is 15.0. The lowest BCUT2D eigenvalue weighted by Gasteiger charge is -2.72. The van der Waals surface area contributed by atoms with E-state index in [1.54, 1.807) is 13.8 Å². The SMILES string of the molecule is CC[C@H](C[C@H](C)C(=O)O[C@H]1CC[C@@]2(C)C(CC[C@]3(C)C2CC[C@@H]2C4=C(C(C)C)C(=O)C[C@]4(NC(=O)C(C)(C)N)CC[C@]23C)C1(C)C)C(=O)OCc1ccccc1. The van der Waals surface area contributed by atoms with Crippen molar-refractivity contribution in [3.05, 3.63) is 47.0 Å². The van der Waals surface area contributed by atoms with Crippen LogP contribution in [-0.4, -0.2) is 40.8 Å². The van der Waals surface area contributed by atoms with Crippen LogP contribution in [0.3, 0.4) is 0 Å². The maximum atomic E-state index is 13.9. The molecule has 4 saturated carbocycles. The van der Waals surface area contributed by atoms with Gasteiger partial charge in [-0.25, -0.2) is 0 Å². The molecule has 0 spiro atoms. The molecule has 0 heterocycles. The van der Waals surface area contributed by atoms with Gasteiger partial charge < -0.3 is 20.5 Å². The molecule has 1 amide bonds. The van der Waals surface area contributed by atoms with Crippen LogP contribution in [0.1, 0.15) is 152 Å². The van der Waals surface area contributed by atoms with E-state index < -0.39 is 17.0 Å². The van der Waals surface area contributed by atoms with Crippen molar-refractivity contribution in [2.45, 2.75) is 171 Å². The molecule has 0 radical (unpaired) electrons. The van der Waals surface area contributed by atoms with Crippen molar-refractivity contribution >= 4 is 23.6 Å². The first-order valence-corrected chi connectivity index (χ1v) is 21.9. The van der Waals surface area contributed by atoms with Crippen LogP contribution >= 0.6 is 0 Å². The summed E-state index contributed by atoms with van der Waals surface area (Å²) in [6, 6.07) is 9.68. The van der Waals surface area contributed by atoms with E-state index in [1.165, 1.54) is 5.57 Å². The quantitative estimate of drug-likeness (QED) is 0.215. The summed E-state index contributed by atoms with van der Waals surface area (Å²) in [5.41, 5.74) is 7.62. The molecule has 3 N–H and O–H groups in total. The third-order valence-electron chi connectivity index (χ3n) is 16.7. The van der Waals surface area contributed by atoms with Crippen LogP contribution in [0.25, 0.3) is 0 Å². The molecule has 4 fully saturated rings. The van der Waals surface area contributed by atoms with E-state index in [9.17, 15) is 19.2 Å². The van der Waals surface area contributed by atoms with E-state index >= 15 is 0 Å². The molecule has 10 atom stereocenters. The monoisotopic (exact) mass is 773 g/mol. The molecule has 6 rings (SSSR count). The topological polar surface area (TPSA) is 125 Å². The zero-order valence-corrected chi connectivity index (χ0v) is 36.4. The van der Waals surface area contributed by atoms with Gasteiger partial charge in [0.1, 0.15) is 12.7 Å². The maximum absolute atomic E-state index is 13.9. The number of nitrogens with one attached hydrogen (secondary N) is 1. The lowest BCUT2D eigenvalue weighted by Crippen LogP contribution is -2.68. The second-order valence-corrected chi connectivity index (χ2v) is 21.1. The van der Waals surface area contributed by atoms with Crippen LogP contribution in [0.2, 0.25) is 0 Å². The molecule has 0 saturated heterocycles. The summed E-state index contributed by atoms with van der Waals surface area (Å²) >= 11 is 0. The van der Waals surface area contributed by atoms with Gasteiger partial charge in [-0.2, -0.15) is 0 Å². The van der Waals surface area contributed by atoms with Gasteiger partial charge in [0.2, 0.25) is 5.91 Å². The summed E-state index contributed by atoms with van der Waals surface area (Å²) in [7, 11) is 0. The second-order valence-electron chi connectivity index (χ2n) is 21.1. The van der Waals surface area contributed by atoms with Crippen molar-refractivity contribution in [1.29, 1.82) is 0 Å². The molecular formula is C48H72N2O6. The van der Waals surface area contributed by atoms with E-state index in [0.29, 0.717) is 31.1 Å². The molecule has 5 aliphatic rings. The summed E-state index contributed by atoms with van der Waals surface area (Å²) in [5, 5.41) is 3.40. The number of rotatable bonds is 11. The Labute approximate surface area is 337 Å². The molecule has 2 unspecified atom stereocenters. The highest BCUT2D eigenvalue weighted by Crippen LogP contribution is 2.76. The molecule has 1 aromatic rings.